The second-order valence-electron chi connectivity index (χ2n) is 6.02. The molecule has 0 radical (unpaired) electrons. The molecule has 1 saturated heterocycles. The number of benzene rings is 1. The third-order valence-corrected chi connectivity index (χ3v) is 4.73. The van der Waals surface area contributed by atoms with Crippen LogP contribution >= 0.6 is 0 Å². The molecule has 2 aliphatic heterocycles. The number of hydrogen-bond donors (Lipinski definition) is 1. The molecule has 2 aliphatic rings. The number of rotatable bonds is 3. The van der Waals surface area contributed by atoms with Crippen molar-refractivity contribution in [1.82, 2.24) is 4.90 Å². The highest BCUT2D eigenvalue weighted by Crippen LogP contribution is 2.46. The predicted molar refractivity (Wildman–Crippen MR) is 80.5 cm³/mol. The van der Waals surface area contributed by atoms with Crippen molar-refractivity contribution in [2.45, 2.75) is 12.0 Å². The zero-order valence-electron chi connectivity index (χ0n) is 12.6. The lowest BCUT2D eigenvalue weighted by atomic mass is 9.83. The second kappa shape index (κ2) is 5.31. The van der Waals surface area contributed by atoms with Crippen LogP contribution in [0, 0.1) is 5.92 Å². The molecule has 6 nitrogen and oxygen atoms in total. The first-order valence-electron chi connectivity index (χ1n) is 7.50. The number of hydrogen-bond acceptors (Lipinski definition) is 5. The lowest BCUT2D eigenvalue weighted by Gasteiger charge is -2.22. The molecule has 1 N–H and O–H groups in total. The van der Waals surface area contributed by atoms with Gasteiger partial charge in [-0.1, -0.05) is 6.07 Å². The lowest BCUT2D eigenvalue weighted by molar-refractivity contribution is -0.143. The number of likely N-dealkylation sites (N-methyl/N-ethyl adjacent to an activating group) is 1. The maximum atomic E-state index is 12.0. The van der Waals surface area contributed by atoms with Gasteiger partial charge in [0.1, 0.15) is 0 Å². The lowest BCUT2D eigenvalue weighted by Crippen LogP contribution is -2.26. The first kappa shape index (κ1) is 14.1. The summed E-state index contributed by atoms with van der Waals surface area (Å²) in [4.78, 5) is 14.0. The van der Waals surface area contributed by atoms with Gasteiger partial charge in [0.25, 0.3) is 0 Å². The van der Waals surface area contributed by atoms with Gasteiger partial charge in [0.2, 0.25) is 6.79 Å². The van der Waals surface area contributed by atoms with Gasteiger partial charge in [0.15, 0.2) is 11.5 Å². The molecule has 0 spiro atoms. The van der Waals surface area contributed by atoms with E-state index in [0.717, 1.165) is 11.1 Å². The minimum atomic E-state index is -0.803. The Labute approximate surface area is 133 Å². The zero-order valence-corrected chi connectivity index (χ0v) is 12.6. The number of aliphatic carboxylic acids is 1. The minimum absolute atomic E-state index is 0.119. The van der Waals surface area contributed by atoms with Crippen molar-refractivity contribution in [1.29, 1.82) is 0 Å². The van der Waals surface area contributed by atoms with Crippen LogP contribution in [0.25, 0.3) is 0 Å². The molecule has 1 aromatic heterocycles. The van der Waals surface area contributed by atoms with E-state index in [1.165, 1.54) is 0 Å². The number of fused-ring (bicyclic) bond motifs is 1. The molecule has 2 aromatic rings. The van der Waals surface area contributed by atoms with Crippen molar-refractivity contribution in [3.8, 4) is 11.5 Å². The monoisotopic (exact) mass is 315 g/mol. The summed E-state index contributed by atoms with van der Waals surface area (Å²) in [5.74, 6) is -0.0764. The summed E-state index contributed by atoms with van der Waals surface area (Å²) in [6, 6.07) is 7.30. The first-order chi connectivity index (χ1) is 11.1. The molecule has 6 heteroatoms. The van der Waals surface area contributed by atoms with Gasteiger partial charge in [-0.3, -0.25) is 9.69 Å². The number of furan rings is 1. The van der Waals surface area contributed by atoms with Crippen LogP contribution in [-0.2, 0) is 4.79 Å². The van der Waals surface area contributed by atoms with E-state index in [1.807, 2.05) is 31.3 Å². The van der Waals surface area contributed by atoms with Gasteiger partial charge in [-0.2, -0.15) is 0 Å². The number of nitrogens with zero attached hydrogens (tertiary/aromatic N) is 1. The molecule has 120 valence electrons. The van der Waals surface area contributed by atoms with E-state index >= 15 is 0 Å². The fraction of sp³-hybridized carbons (Fsp3) is 0.353. The van der Waals surface area contributed by atoms with Gasteiger partial charge in [0, 0.05) is 18.0 Å². The molecular formula is C17H17NO5. The zero-order chi connectivity index (χ0) is 16.0. The molecule has 23 heavy (non-hydrogen) atoms. The fourth-order valence-corrected chi connectivity index (χ4v) is 3.70. The Morgan fingerprint density at radius 2 is 2.04 bits per heavy atom. The topological polar surface area (TPSA) is 72.1 Å². The molecule has 3 atom stereocenters. The summed E-state index contributed by atoms with van der Waals surface area (Å²) in [5.41, 5.74) is 1.85. The van der Waals surface area contributed by atoms with E-state index in [2.05, 4.69) is 4.90 Å². The van der Waals surface area contributed by atoms with Gasteiger partial charge < -0.3 is 19.0 Å². The number of likely N-dealkylation sites (tertiary alicyclic amines) is 1. The van der Waals surface area contributed by atoms with Gasteiger partial charge in [-0.05, 0) is 30.8 Å². The maximum absolute atomic E-state index is 12.0. The normalized spacial score (nSPS) is 26.6. The summed E-state index contributed by atoms with van der Waals surface area (Å²) < 4.78 is 15.9. The number of carbonyl (C=O) groups is 1. The molecule has 0 saturated carbocycles. The Kier molecular flexibility index (Phi) is 3.27. The van der Waals surface area contributed by atoms with Crippen LogP contribution in [0.15, 0.2) is 41.2 Å². The van der Waals surface area contributed by atoms with E-state index in [1.54, 1.807) is 12.5 Å². The van der Waals surface area contributed by atoms with Crippen LogP contribution in [0.2, 0.25) is 0 Å². The van der Waals surface area contributed by atoms with E-state index in [9.17, 15) is 9.90 Å². The Hall–Kier alpha value is -2.47. The van der Waals surface area contributed by atoms with E-state index in [4.69, 9.17) is 13.9 Å². The average Bonchev–Trinajstić information content (AvgIpc) is 3.24. The first-order valence-corrected chi connectivity index (χ1v) is 7.50. The number of carboxylic acid groups (broad SMARTS) is 1. The maximum Gasteiger partial charge on any atom is 0.309 e. The highest BCUT2D eigenvalue weighted by molar-refractivity contribution is 5.73. The molecule has 0 bridgehead atoms. The van der Waals surface area contributed by atoms with Crippen molar-refractivity contribution in [3.63, 3.8) is 0 Å². The highest BCUT2D eigenvalue weighted by atomic mass is 16.7. The molecule has 4 rings (SSSR count). The van der Waals surface area contributed by atoms with Crippen LogP contribution in [-0.4, -0.2) is 36.4 Å². The Morgan fingerprint density at radius 1 is 1.22 bits per heavy atom. The second-order valence-corrected chi connectivity index (χ2v) is 6.02. The Balaban J connectivity index is 1.72. The quantitative estimate of drug-likeness (QED) is 0.938. The van der Waals surface area contributed by atoms with Crippen molar-refractivity contribution in [2.24, 2.45) is 5.92 Å². The third-order valence-electron chi connectivity index (χ3n) is 4.73. The third kappa shape index (κ3) is 2.26. The van der Waals surface area contributed by atoms with E-state index < -0.39 is 11.9 Å². The highest BCUT2D eigenvalue weighted by Gasteiger charge is 2.46. The van der Waals surface area contributed by atoms with Gasteiger partial charge in [-0.25, -0.2) is 0 Å². The summed E-state index contributed by atoms with van der Waals surface area (Å²) in [6.07, 6.45) is 3.20. The molecule has 0 amide bonds. The summed E-state index contributed by atoms with van der Waals surface area (Å²) in [7, 11) is 1.95. The molecular weight excluding hydrogens is 298 g/mol. The van der Waals surface area contributed by atoms with Crippen molar-refractivity contribution >= 4 is 5.97 Å². The van der Waals surface area contributed by atoms with Crippen LogP contribution in [0.5, 0.6) is 11.5 Å². The smallest absolute Gasteiger partial charge is 0.309 e. The standard InChI is InChI=1S/C17H17NO5/c1-18-7-12(10-2-3-13-14(6-10)23-9-22-13)15(17(19)20)16(18)11-4-5-21-8-11/h2-6,8,12,15-16H,7,9H2,1H3,(H,19,20). The molecule has 1 aromatic carbocycles. The summed E-state index contributed by atoms with van der Waals surface area (Å²) in [6.45, 7) is 0.871. The van der Waals surface area contributed by atoms with Crippen molar-refractivity contribution in [3.05, 3.63) is 47.9 Å². The van der Waals surface area contributed by atoms with Crippen LogP contribution < -0.4 is 9.47 Å². The van der Waals surface area contributed by atoms with Crippen LogP contribution in [0.3, 0.4) is 0 Å². The van der Waals surface area contributed by atoms with Crippen LogP contribution in [0.1, 0.15) is 23.1 Å². The SMILES string of the molecule is CN1CC(c2ccc3c(c2)OCO3)C(C(=O)O)C1c1ccoc1. The Bertz CT molecular complexity index is 727. The van der Waals surface area contributed by atoms with Crippen LogP contribution in [0.4, 0.5) is 0 Å². The van der Waals surface area contributed by atoms with E-state index in [-0.39, 0.29) is 18.8 Å². The Morgan fingerprint density at radius 3 is 2.78 bits per heavy atom. The van der Waals surface area contributed by atoms with Gasteiger partial charge >= 0.3 is 5.97 Å². The van der Waals surface area contributed by atoms with Gasteiger partial charge in [0.05, 0.1) is 24.5 Å². The molecule has 3 unspecified atom stereocenters. The largest absolute Gasteiger partial charge is 0.481 e. The van der Waals surface area contributed by atoms with Crippen molar-refractivity contribution in [2.75, 3.05) is 20.4 Å². The number of ether oxygens (including phenoxy) is 2. The van der Waals surface area contributed by atoms with Gasteiger partial charge in [-0.15, -0.1) is 0 Å². The van der Waals surface area contributed by atoms with Crippen molar-refractivity contribution < 1.29 is 23.8 Å². The van der Waals surface area contributed by atoms with E-state index in [0.29, 0.717) is 18.0 Å². The molecule has 1 fully saturated rings. The molecule has 3 heterocycles. The minimum Gasteiger partial charge on any atom is -0.481 e. The average molecular weight is 315 g/mol. The number of carboxylic acids is 1. The fourth-order valence-electron chi connectivity index (χ4n) is 3.70. The summed E-state index contributed by atoms with van der Waals surface area (Å²) in [5, 5.41) is 9.81. The summed E-state index contributed by atoms with van der Waals surface area (Å²) >= 11 is 0. The molecule has 0 aliphatic carbocycles. The predicted octanol–water partition coefficient (Wildman–Crippen LogP) is 2.48.